The summed E-state index contributed by atoms with van der Waals surface area (Å²) < 4.78 is 27.5. The number of nitrogens with zero attached hydrogens (tertiary/aromatic N) is 3. The highest BCUT2D eigenvalue weighted by molar-refractivity contribution is 7.88. The van der Waals surface area contributed by atoms with Crippen LogP contribution in [0.25, 0.3) is 0 Å². The lowest BCUT2D eigenvalue weighted by molar-refractivity contribution is 0.570. The fourth-order valence-electron chi connectivity index (χ4n) is 2.41. The first-order valence-corrected chi connectivity index (χ1v) is 10.1. The van der Waals surface area contributed by atoms with E-state index in [-0.39, 0.29) is 5.75 Å². The highest BCUT2D eigenvalue weighted by atomic mass is 32.2. The van der Waals surface area contributed by atoms with E-state index in [1.54, 1.807) is 19.3 Å². The summed E-state index contributed by atoms with van der Waals surface area (Å²) in [6.45, 7) is 2.19. The van der Waals surface area contributed by atoms with Gasteiger partial charge in [0.15, 0.2) is 5.96 Å². The number of aromatic nitrogens is 2. The van der Waals surface area contributed by atoms with Gasteiger partial charge in [0.05, 0.1) is 5.75 Å². The largest absolute Gasteiger partial charge is 0.356 e. The maximum atomic E-state index is 11.7. The van der Waals surface area contributed by atoms with E-state index in [1.165, 1.54) is 7.05 Å². The summed E-state index contributed by atoms with van der Waals surface area (Å²) in [6.07, 6.45) is 4.64. The van der Waals surface area contributed by atoms with Gasteiger partial charge < -0.3 is 10.6 Å². The van der Waals surface area contributed by atoms with Crippen LogP contribution in [0.4, 0.5) is 0 Å². The summed E-state index contributed by atoms with van der Waals surface area (Å²) in [5, 5.41) is 10.7. The Hall–Kier alpha value is -2.39. The number of aryl methyl sites for hydroxylation is 1. The maximum absolute atomic E-state index is 11.7. The monoisotopic (exact) mass is 378 g/mol. The zero-order valence-corrected chi connectivity index (χ0v) is 16.0. The number of guanidine groups is 1. The molecule has 1 heterocycles. The molecular weight excluding hydrogens is 352 g/mol. The van der Waals surface area contributed by atoms with Gasteiger partial charge in [0, 0.05) is 39.1 Å². The van der Waals surface area contributed by atoms with Crippen LogP contribution in [0.1, 0.15) is 17.5 Å². The fraction of sp³-hybridized carbons (Fsp3) is 0.412. The van der Waals surface area contributed by atoms with E-state index in [0.717, 1.165) is 30.6 Å². The highest BCUT2D eigenvalue weighted by Crippen LogP contribution is 2.08. The Morgan fingerprint density at radius 2 is 2.04 bits per heavy atom. The van der Waals surface area contributed by atoms with Crippen molar-refractivity contribution in [3.05, 3.63) is 53.9 Å². The second kappa shape index (κ2) is 9.93. The molecule has 0 fully saturated rings. The smallest absolute Gasteiger partial charge is 0.215 e. The minimum Gasteiger partial charge on any atom is -0.356 e. The van der Waals surface area contributed by atoms with E-state index in [9.17, 15) is 8.42 Å². The molecule has 3 N–H and O–H groups in total. The molecule has 0 aliphatic carbocycles. The quantitative estimate of drug-likeness (QED) is 0.339. The van der Waals surface area contributed by atoms with Crippen molar-refractivity contribution in [3.8, 4) is 0 Å². The van der Waals surface area contributed by atoms with Gasteiger partial charge in [0.1, 0.15) is 0 Å². The lowest BCUT2D eigenvalue weighted by Crippen LogP contribution is -2.37. The van der Waals surface area contributed by atoms with Crippen molar-refractivity contribution in [1.29, 1.82) is 0 Å². The molecule has 8 nitrogen and oxygen atoms in total. The molecule has 0 unspecified atom stereocenters. The predicted molar refractivity (Wildman–Crippen MR) is 103 cm³/mol. The summed E-state index contributed by atoms with van der Waals surface area (Å²) in [5.41, 5.74) is 1.74. The topological polar surface area (TPSA) is 100 Å². The first kappa shape index (κ1) is 19.9. The average Bonchev–Trinajstić information content (AvgIpc) is 3.14. The third-order valence-electron chi connectivity index (χ3n) is 3.76. The molecule has 0 aliphatic heterocycles. The van der Waals surface area contributed by atoms with Gasteiger partial charge in [0.2, 0.25) is 10.0 Å². The van der Waals surface area contributed by atoms with E-state index in [1.807, 2.05) is 35.1 Å². The standard InChI is InChI=1S/C17H26N6O2S/c1-18-17(20-8-4-10-23-11-5-9-22-23)21-13-15-6-3-7-16(12-15)14-26(24,25)19-2/h3,5-7,9,11-12,19H,4,8,10,13-14H2,1-2H3,(H2,18,20,21). The van der Waals surface area contributed by atoms with Crippen molar-refractivity contribution < 1.29 is 8.42 Å². The molecule has 2 rings (SSSR count). The van der Waals surface area contributed by atoms with Gasteiger partial charge in [-0.15, -0.1) is 0 Å². The summed E-state index contributed by atoms with van der Waals surface area (Å²) >= 11 is 0. The van der Waals surface area contributed by atoms with Gasteiger partial charge in [-0.25, -0.2) is 13.1 Å². The van der Waals surface area contributed by atoms with E-state index in [0.29, 0.717) is 12.5 Å². The van der Waals surface area contributed by atoms with Crippen molar-refractivity contribution in [1.82, 2.24) is 25.1 Å². The number of hydrogen-bond donors (Lipinski definition) is 3. The lowest BCUT2D eigenvalue weighted by Gasteiger charge is -2.12. The van der Waals surface area contributed by atoms with Crippen molar-refractivity contribution >= 4 is 16.0 Å². The Kier molecular flexibility index (Phi) is 7.61. The van der Waals surface area contributed by atoms with Crippen LogP contribution in [0.15, 0.2) is 47.7 Å². The van der Waals surface area contributed by atoms with Crippen LogP contribution in [-0.4, -0.2) is 44.8 Å². The van der Waals surface area contributed by atoms with Crippen molar-refractivity contribution in [2.45, 2.75) is 25.3 Å². The third kappa shape index (κ3) is 6.85. The Morgan fingerprint density at radius 3 is 2.73 bits per heavy atom. The van der Waals surface area contributed by atoms with Crippen LogP contribution in [-0.2, 0) is 28.9 Å². The lowest BCUT2D eigenvalue weighted by atomic mass is 10.1. The summed E-state index contributed by atoms with van der Waals surface area (Å²) in [6, 6.07) is 9.41. The predicted octanol–water partition coefficient (Wildman–Crippen LogP) is 0.688. The summed E-state index contributed by atoms with van der Waals surface area (Å²) in [4.78, 5) is 4.20. The van der Waals surface area contributed by atoms with Gasteiger partial charge in [-0.2, -0.15) is 5.10 Å². The van der Waals surface area contributed by atoms with Crippen LogP contribution in [0, 0.1) is 0 Å². The van der Waals surface area contributed by atoms with E-state index in [4.69, 9.17) is 0 Å². The van der Waals surface area contributed by atoms with Crippen LogP contribution in [0.5, 0.6) is 0 Å². The second-order valence-electron chi connectivity index (χ2n) is 5.76. The molecule has 26 heavy (non-hydrogen) atoms. The molecule has 142 valence electrons. The molecule has 9 heteroatoms. The van der Waals surface area contributed by atoms with E-state index in [2.05, 4.69) is 25.4 Å². The fourth-order valence-corrected chi connectivity index (χ4v) is 3.17. The zero-order valence-electron chi connectivity index (χ0n) is 15.1. The first-order chi connectivity index (χ1) is 12.5. The molecule has 0 saturated heterocycles. The molecule has 0 saturated carbocycles. The van der Waals surface area contributed by atoms with Crippen molar-refractivity contribution in [2.75, 3.05) is 20.6 Å². The van der Waals surface area contributed by atoms with Crippen LogP contribution < -0.4 is 15.4 Å². The number of benzene rings is 1. The number of aliphatic imine (C=N–C) groups is 1. The minimum absolute atomic E-state index is 0.0300. The normalized spacial score (nSPS) is 12.2. The number of rotatable bonds is 9. The summed E-state index contributed by atoms with van der Waals surface area (Å²) in [5.74, 6) is 0.677. The Balaban J connectivity index is 1.78. The van der Waals surface area contributed by atoms with Gasteiger partial charge >= 0.3 is 0 Å². The molecule has 0 radical (unpaired) electrons. The minimum atomic E-state index is -3.27. The first-order valence-electron chi connectivity index (χ1n) is 8.43. The molecular formula is C17H26N6O2S. The van der Waals surface area contributed by atoms with Gasteiger partial charge in [-0.3, -0.25) is 9.67 Å². The molecule has 0 amide bonds. The van der Waals surface area contributed by atoms with Crippen LogP contribution >= 0.6 is 0 Å². The molecule has 0 aliphatic rings. The summed E-state index contributed by atoms with van der Waals surface area (Å²) in [7, 11) is -0.132. The molecule has 0 atom stereocenters. The van der Waals surface area contributed by atoms with Gasteiger partial charge in [0.25, 0.3) is 0 Å². The Labute approximate surface area is 154 Å². The van der Waals surface area contributed by atoms with Gasteiger partial charge in [-0.05, 0) is 30.7 Å². The Bertz CT molecular complexity index is 802. The number of nitrogens with one attached hydrogen (secondary N) is 3. The average molecular weight is 379 g/mol. The molecule has 1 aromatic heterocycles. The maximum Gasteiger partial charge on any atom is 0.215 e. The van der Waals surface area contributed by atoms with E-state index >= 15 is 0 Å². The third-order valence-corrected chi connectivity index (χ3v) is 5.09. The number of hydrogen-bond acceptors (Lipinski definition) is 4. The molecule has 0 spiro atoms. The van der Waals surface area contributed by atoms with Gasteiger partial charge in [-0.1, -0.05) is 24.3 Å². The van der Waals surface area contributed by atoms with Crippen molar-refractivity contribution in [3.63, 3.8) is 0 Å². The van der Waals surface area contributed by atoms with Crippen molar-refractivity contribution in [2.24, 2.45) is 4.99 Å². The zero-order chi connectivity index (χ0) is 18.8. The Morgan fingerprint density at radius 1 is 1.23 bits per heavy atom. The second-order valence-corrected chi connectivity index (χ2v) is 7.68. The number of sulfonamides is 1. The van der Waals surface area contributed by atoms with Crippen LogP contribution in [0.3, 0.4) is 0 Å². The van der Waals surface area contributed by atoms with E-state index < -0.39 is 10.0 Å². The molecule has 2 aromatic rings. The SMILES string of the molecule is CN=C(NCCCn1cccn1)NCc1cccc(CS(=O)(=O)NC)c1. The van der Waals surface area contributed by atoms with Crippen LogP contribution in [0.2, 0.25) is 0 Å². The highest BCUT2D eigenvalue weighted by Gasteiger charge is 2.09. The molecule has 0 bridgehead atoms. The molecule has 1 aromatic carbocycles.